The summed E-state index contributed by atoms with van der Waals surface area (Å²) in [6.45, 7) is 1.96. The number of ketones is 1. The van der Waals surface area contributed by atoms with Gasteiger partial charge in [-0.2, -0.15) is 0 Å². The molecule has 0 heterocycles. The average Bonchev–Trinajstić information content (AvgIpc) is 2.61. The van der Waals surface area contributed by atoms with Gasteiger partial charge in [0.05, 0.1) is 14.2 Å². The molecule has 0 saturated carbocycles. The van der Waals surface area contributed by atoms with Crippen LogP contribution < -0.4 is 20.1 Å². The minimum Gasteiger partial charge on any atom is -0.493 e. The van der Waals surface area contributed by atoms with Gasteiger partial charge in [-0.05, 0) is 31.2 Å². The number of hydrogen-bond acceptors (Lipinski definition) is 5. The largest absolute Gasteiger partial charge is 0.493 e. The van der Waals surface area contributed by atoms with Crippen LogP contribution in [0.4, 0.5) is 11.4 Å². The topological polar surface area (TPSA) is 76.7 Å². The molecule has 0 bridgehead atoms. The Kier molecular flexibility index (Phi) is 6.39. The summed E-state index contributed by atoms with van der Waals surface area (Å²) in [6, 6.07) is 12.4. The quantitative estimate of drug-likeness (QED) is 0.720. The number of carbonyl (C=O) groups excluding carboxylic acids is 2. The molecule has 2 aromatic carbocycles. The molecule has 6 nitrogen and oxygen atoms in total. The van der Waals surface area contributed by atoms with Gasteiger partial charge in [-0.15, -0.1) is 0 Å². The number of methoxy groups -OCH3 is 2. The lowest BCUT2D eigenvalue weighted by Crippen LogP contribution is -2.16. The van der Waals surface area contributed by atoms with Crippen molar-refractivity contribution in [2.45, 2.75) is 13.3 Å². The van der Waals surface area contributed by atoms with Crippen LogP contribution >= 0.6 is 0 Å². The highest BCUT2D eigenvalue weighted by molar-refractivity contribution is 5.97. The minimum absolute atomic E-state index is 0.0359. The van der Waals surface area contributed by atoms with Gasteiger partial charge < -0.3 is 20.1 Å². The number of carbonyl (C=O) groups is 2. The third kappa shape index (κ3) is 5.24. The van der Waals surface area contributed by atoms with E-state index in [0.717, 1.165) is 5.69 Å². The van der Waals surface area contributed by atoms with Gasteiger partial charge in [0.1, 0.15) is 0 Å². The van der Waals surface area contributed by atoms with Gasteiger partial charge in [-0.3, -0.25) is 9.59 Å². The molecule has 2 aromatic rings. The first-order chi connectivity index (χ1) is 12.0. The van der Waals surface area contributed by atoms with Crippen LogP contribution in [0.2, 0.25) is 0 Å². The predicted octanol–water partition coefficient (Wildman–Crippen LogP) is 3.35. The van der Waals surface area contributed by atoms with Crippen LogP contribution in [0.3, 0.4) is 0 Å². The van der Waals surface area contributed by atoms with Crippen molar-refractivity contribution in [3.05, 3.63) is 48.0 Å². The van der Waals surface area contributed by atoms with E-state index in [1.165, 1.54) is 6.92 Å². The second kappa shape index (κ2) is 8.73. The lowest BCUT2D eigenvalue weighted by atomic mass is 10.1. The first-order valence-corrected chi connectivity index (χ1v) is 7.90. The van der Waals surface area contributed by atoms with Crippen molar-refractivity contribution in [2.24, 2.45) is 0 Å². The third-order valence-corrected chi connectivity index (χ3v) is 3.62. The summed E-state index contributed by atoms with van der Waals surface area (Å²) in [5.74, 6) is 1.11. The predicted molar refractivity (Wildman–Crippen MR) is 97.7 cm³/mol. The number of rotatable bonds is 8. The monoisotopic (exact) mass is 342 g/mol. The van der Waals surface area contributed by atoms with Gasteiger partial charge in [0.25, 0.3) is 0 Å². The van der Waals surface area contributed by atoms with Crippen molar-refractivity contribution in [2.75, 3.05) is 31.4 Å². The summed E-state index contributed by atoms with van der Waals surface area (Å²) >= 11 is 0. The van der Waals surface area contributed by atoms with E-state index < -0.39 is 0 Å². The zero-order valence-electron chi connectivity index (χ0n) is 14.6. The van der Waals surface area contributed by atoms with Crippen LogP contribution in [0.1, 0.15) is 23.7 Å². The van der Waals surface area contributed by atoms with Crippen molar-refractivity contribution in [3.63, 3.8) is 0 Å². The molecule has 0 aliphatic carbocycles. The van der Waals surface area contributed by atoms with Gasteiger partial charge in [0, 0.05) is 36.0 Å². The van der Waals surface area contributed by atoms with Crippen molar-refractivity contribution in [3.8, 4) is 11.5 Å². The lowest BCUT2D eigenvalue weighted by Gasteiger charge is -2.11. The second-order valence-electron chi connectivity index (χ2n) is 5.43. The van der Waals surface area contributed by atoms with Crippen molar-refractivity contribution in [1.29, 1.82) is 0 Å². The molecular weight excluding hydrogens is 320 g/mol. The molecule has 0 aliphatic heterocycles. The van der Waals surface area contributed by atoms with Crippen LogP contribution in [0.15, 0.2) is 42.5 Å². The highest BCUT2D eigenvalue weighted by Gasteiger charge is 2.07. The van der Waals surface area contributed by atoms with Crippen LogP contribution in [-0.4, -0.2) is 32.5 Å². The summed E-state index contributed by atoms with van der Waals surface area (Å²) in [5, 5.41) is 5.95. The average molecular weight is 342 g/mol. The molecule has 0 saturated heterocycles. The maximum absolute atomic E-state index is 12.0. The summed E-state index contributed by atoms with van der Waals surface area (Å²) in [7, 11) is 3.15. The molecular formula is C19H22N2O4. The Labute approximate surface area is 147 Å². The molecule has 132 valence electrons. The molecule has 6 heteroatoms. The van der Waals surface area contributed by atoms with E-state index in [0.29, 0.717) is 35.7 Å². The molecule has 1 amide bonds. The molecule has 0 spiro atoms. The molecule has 0 radical (unpaired) electrons. The fraction of sp³-hybridized carbons (Fsp3) is 0.263. The van der Waals surface area contributed by atoms with E-state index in [4.69, 9.17) is 9.47 Å². The van der Waals surface area contributed by atoms with E-state index in [-0.39, 0.29) is 11.7 Å². The normalized spacial score (nSPS) is 10.0. The first-order valence-electron chi connectivity index (χ1n) is 7.90. The van der Waals surface area contributed by atoms with E-state index in [1.54, 1.807) is 44.6 Å². The smallest absolute Gasteiger partial charge is 0.226 e. The van der Waals surface area contributed by atoms with Crippen molar-refractivity contribution < 1.29 is 19.1 Å². The zero-order valence-corrected chi connectivity index (χ0v) is 14.6. The molecule has 2 N–H and O–H groups in total. The van der Waals surface area contributed by atoms with Gasteiger partial charge >= 0.3 is 0 Å². The Hall–Kier alpha value is -3.02. The highest BCUT2D eigenvalue weighted by Crippen LogP contribution is 2.29. The van der Waals surface area contributed by atoms with Gasteiger partial charge in [-0.25, -0.2) is 0 Å². The SMILES string of the molecule is COc1ccc(NCCC(=O)Nc2cccc(C(C)=O)c2)cc1OC. The second-order valence-corrected chi connectivity index (χ2v) is 5.43. The van der Waals surface area contributed by atoms with Gasteiger partial charge in [0.2, 0.25) is 5.91 Å². The van der Waals surface area contributed by atoms with Gasteiger partial charge in [0.15, 0.2) is 17.3 Å². The maximum Gasteiger partial charge on any atom is 0.226 e. The molecule has 0 unspecified atom stereocenters. The summed E-state index contributed by atoms with van der Waals surface area (Å²) < 4.78 is 10.4. The summed E-state index contributed by atoms with van der Waals surface area (Å²) in [5.41, 5.74) is 2.02. The number of nitrogens with one attached hydrogen (secondary N) is 2. The Morgan fingerprint density at radius 2 is 1.72 bits per heavy atom. The number of Topliss-reactive ketones (excluding diaryl/α,β-unsaturated/α-hetero) is 1. The van der Waals surface area contributed by atoms with E-state index in [2.05, 4.69) is 10.6 Å². The Morgan fingerprint density at radius 3 is 2.40 bits per heavy atom. The van der Waals surface area contributed by atoms with E-state index >= 15 is 0 Å². The van der Waals surface area contributed by atoms with Crippen LogP contribution in [0, 0.1) is 0 Å². The van der Waals surface area contributed by atoms with Crippen LogP contribution in [0.5, 0.6) is 11.5 Å². The fourth-order valence-corrected chi connectivity index (χ4v) is 2.31. The highest BCUT2D eigenvalue weighted by atomic mass is 16.5. The first kappa shape index (κ1) is 18.3. The zero-order chi connectivity index (χ0) is 18.2. The van der Waals surface area contributed by atoms with Crippen molar-refractivity contribution in [1.82, 2.24) is 0 Å². The summed E-state index contributed by atoms with van der Waals surface area (Å²) in [4.78, 5) is 23.4. The van der Waals surface area contributed by atoms with E-state index in [9.17, 15) is 9.59 Å². The molecule has 0 aliphatic rings. The Morgan fingerprint density at radius 1 is 0.960 bits per heavy atom. The lowest BCUT2D eigenvalue weighted by molar-refractivity contribution is -0.115. The number of anilines is 2. The van der Waals surface area contributed by atoms with Crippen molar-refractivity contribution >= 4 is 23.1 Å². The van der Waals surface area contributed by atoms with Crippen LogP contribution in [0.25, 0.3) is 0 Å². The molecule has 25 heavy (non-hydrogen) atoms. The Bertz CT molecular complexity index is 759. The molecule has 0 atom stereocenters. The third-order valence-electron chi connectivity index (χ3n) is 3.62. The van der Waals surface area contributed by atoms with Gasteiger partial charge in [-0.1, -0.05) is 12.1 Å². The van der Waals surface area contributed by atoms with E-state index in [1.807, 2.05) is 12.1 Å². The summed E-state index contributed by atoms with van der Waals surface area (Å²) in [6.07, 6.45) is 0.290. The van der Waals surface area contributed by atoms with Crippen LogP contribution in [-0.2, 0) is 4.79 Å². The molecule has 0 fully saturated rings. The molecule has 2 rings (SSSR count). The number of ether oxygens (including phenoxy) is 2. The number of hydrogen-bond donors (Lipinski definition) is 2. The standard InChI is InChI=1S/C19H22N2O4/c1-13(22)14-5-4-6-16(11-14)21-19(23)9-10-20-15-7-8-17(24-2)18(12-15)25-3/h4-8,11-12,20H,9-10H2,1-3H3,(H,21,23). The minimum atomic E-state index is -0.131. The Balaban J connectivity index is 1.86. The molecule has 0 aromatic heterocycles. The number of amides is 1. The maximum atomic E-state index is 12.0. The fourth-order valence-electron chi connectivity index (χ4n) is 2.31. The number of benzene rings is 2.